The van der Waals surface area contributed by atoms with E-state index in [0.29, 0.717) is 67.5 Å². The number of methoxy groups -OCH3 is 1. The van der Waals surface area contributed by atoms with Gasteiger partial charge in [-0.2, -0.15) is 4.98 Å². The molecular weight excluding hydrogens is 496 g/mol. The van der Waals surface area contributed by atoms with Crippen LogP contribution < -0.4 is 15.5 Å². The van der Waals surface area contributed by atoms with E-state index in [9.17, 15) is 4.79 Å². The molecule has 0 bridgehead atoms. The van der Waals surface area contributed by atoms with Crippen LogP contribution in [0.4, 0.5) is 22.2 Å². The number of benzene rings is 2. The van der Waals surface area contributed by atoms with Gasteiger partial charge in [0.2, 0.25) is 5.95 Å². The molecule has 32 heavy (non-hydrogen) atoms. The van der Waals surface area contributed by atoms with Crippen molar-refractivity contribution in [3.63, 3.8) is 0 Å². The van der Waals surface area contributed by atoms with Gasteiger partial charge in [0.05, 0.1) is 39.6 Å². The Morgan fingerprint density at radius 2 is 1.84 bits per heavy atom. The Kier molecular flexibility index (Phi) is 6.93. The number of aromatic nitrogens is 2. The number of urea groups is 1. The van der Waals surface area contributed by atoms with Gasteiger partial charge in [-0.05, 0) is 30.3 Å². The highest BCUT2D eigenvalue weighted by Gasteiger charge is 2.33. The molecule has 7 nitrogen and oxygen atoms in total. The van der Waals surface area contributed by atoms with Crippen LogP contribution in [0, 0.1) is 0 Å². The highest BCUT2D eigenvalue weighted by molar-refractivity contribution is 6.40. The van der Waals surface area contributed by atoms with Gasteiger partial charge in [0.15, 0.2) is 5.82 Å². The fourth-order valence-electron chi connectivity index (χ4n) is 3.32. The lowest BCUT2D eigenvalue weighted by Gasteiger charge is -2.31. The first-order valence-corrected chi connectivity index (χ1v) is 11.0. The minimum absolute atomic E-state index is 0.194. The van der Waals surface area contributed by atoms with Gasteiger partial charge in [0.25, 0.3) is 0 Å². The van der Waals surface area contributed by atoms with E-state index < -0.39 is 6.03 Å². The second-order valence-electron chi connectivity index (χ2n) is 6.81. The van der Waals surface area contributed by atoms with E-state index in [1.165, 1.54) is 4.90 Å². The summed E-state index contributed by atoms with van der Waals surface area (Å²) in [5.74, 6) is 0.643. The monoisotopic (exact) mass is 511 g/mol. The summed E-state index contributed by atoms with van der Waals surface area (Å²) in [5, 5.41) is 7.47. The van der Waals surface area contributed by atoms with E-state index in [0.717, 1.165) is 0 Å². The standard InChI is InChI=1S/C21H17Cl4N5O2/c1-32-8-7-26-20-28-17(12-6-5-11(22)9-16(12)25)13-10-27-21(31)30(19(13)29-20)18-14(23)3-2-4-15(18)24/h2-6,9H,7-8,10H2,1H3,(H,27,31)(H,26,28,29). The number of nitrogens with one attached hydrogen (secondary N) is 2. The van der Waals surface area contributed by atoms with Crippen molar-refractivity contribution < 1.29 is 9.53 Å². The van der Waals surface area contributed by atoms with Crippen LogP contribution in [0.5, 0.6) is 0 Å². The zero-order valence-electron chi connectivity index (χ0n) is 16.8. The second kappa shape index (κ2) is 9.68. The number of ether oxygens (including phenoxy) is 1. The average Bonchev–Trinajstić information content (AvgIpc) is 2.75. The predicted octanol–water partition coefficient (Wildman–Crippen LogP) is 6.18. The van der Waals surface area contributed by atoms with Crippen LogP contribution in [0.15, 0.2) is 36.4 Å². The number of amides is 2. The number of anilines is 3. The van der Waals surface area contributed by atoms with Gasteiger partial charge in [-0.1, -0.05) is 52.5 Å². The lowest BCUT2D eigenvalue weighted by Crippen LogP contribution is -2.42. The number of hydrogen-bond acceptors (Lipinski definition) is 5. The molecule has 0 atom stereocenters. The number of halogens is 4. The first-order valence-electron chi connectivity index (χ1n) is 9.51. The topological polar surface area (TPSA) is 79.4 Å². The Hall–Kier alpha value is -2.29. The molecule has 0 saturated carbocycles. The minimum atomic E-state index is -0.415. The number of carbonyl (C=O) groups is 1. The van der Waals surface area contributed by atoms with E-state index in [4.69, 9.17) is 51.1 Å². The van der Waals surface area contributed by atoms with Crippen LogP contribution in [-0.4, -0.2) is 36.3 Å². The van der Waals surface area contributed by atoms with Gasteiger partial charge < -0.3 is 15.4 Å². The van der Waals surface area contributed by atoms with E-state index in [1.807, 2.05) is 0 Å². The molecule has 0 aliphatic carbocycles. The van der Waals surface area contributed by atoms with Gasteiger partial charge in [0, 0.05) is 29.8 Å². The molecule has 2 heterocycles. The third-order valence-corrected chi connectivity index (χ3v) is 5.91. The summed E-state index contributed by atoms with van der Waals surface area (Å²) in [6.07, 6.45) is 0. The third-order valence-electron chi connectivity index (χ3n) is 4.75. The van der Waals surface area contributed by atoms with Gasteiger partial charge in [0.1, 0.15) is 0 Å². The van der Waals surface area contributed by atoms with E-state index in [-0.39, 0.29) is 6.54 Å². The molecule has 166 valence electrons. The van der Waals surface area contributed by atoms with Crippen molar-refractivity contribution in [3.05, 3.63) is 62.1 Å². The number of carbonyl (C=O) groups excluding carboxylic acids is 1. The SMILES string of the molecule is COCCNc1nc(-c2ccc(Cl)cc2Cl)c2c(n1)N(c1c(Cl)cccc1Cl)C(=O)NC2. The van der Waals surface area contributed by atoms with Crippen molar-refractivity contribution in [2.24, 2.45) is 0 Å². The molecular formula is C21H17Cl4N5O2. The molecule has 0 saturated heterocycles. The summed E-state index contributed by atoms with van der Waals surface area (Å²) in [4.78, 5) is 23.6. The Morgan fingerprint density at radius 3 is 2.53 bits per heavy atom. The van der Waals surface area contributed by atoms with Crippen molar-refractivity contribution in [2.75, 3.05) is 30.5 Å². The van der Waals surface area contributed by atoms with Gasteiger partial charge >= 0.3 is 6.03 Å². The van der Waals surface area contributed by atoms with Crippen LogP contribution in [-0.2, 0) is 11.3 Å². The summed E-state index contributed by atoms with van der Waals surface area (Å²) >= 11 is 25.4. The average molecular weight is 513 g/mol. The molecule has 4 rings (SSSR count). The summed E-state index contributed by atoms with van der Waals surface area (Å²) in [7, 11) is 1.60. The van der Waals surface area contributed by atoms with E-state index in [1.54, 1.807) is 43.5 Å². The first-order chi connectivity index (χ1) is 15.4. The lowest BCUT2D eigenvalue weighted by atomic mass is 10.0. The quantitative estimate of drug-likeness (QED) is 0.385. The maximum Gasteiger partial charge on any atom is 0.328 e. The zero-order valence-corrected chi connectivity index (χ0v) is 19.8. The maximum atomic E-state index is 12.9. The molecule has 3 aromatic rings. The van der Waals surface area contributed by atoms with Crippen LogP contribution in [0.3, 0.4) is 0 Å². The third kappa shape index (κ3) is 4.44. The Labute approximate surface area is 204 Å². The fraction of sp³-hybridized carbons (Fsp3) is 0.190. The van der Waals surface area contributed by atoms with Gasteiger partial charge in [-0.15, -0.1) is 0 Å². The number of nitrogens with zero attached hydrogens (tertiary/aromatic N) is 3. The molecule has 1 aliphatic heterocycles. The first kappa shape index (κ1) is 22.9. The molecule has 2 N–H and O–H groups in total. The van der Waals surface area contributed by atoms with Crippen LogP contribution in [0.1, 0.15) is 5.56 Å². The van der Waals surface area contributed by atoms with Crippen LogP contribution in [0.25, 0.3) is 11.3 Å². The molecule has 0 unspecified atom stereocenters. The van der Waals surface area contributed by atoms with Crippen molar-refractivity contribution in [1.29, 1.82) is 0 Å². The largest absolute Gasteiger partial charge is 0.383 e. The molecule has 0 fully saturated rings. The minimum Gasteiger partial charge on any atom is -0.383 e. The van der Waals surface area contributed by atoms with E-state index in [2.05, 4.69) is 20.6 Å². The van der Waals surface area contributed by atoms with Crippen molar-refractivity contribution >= 4 is 69.9 Å². The summed E-state index contributed by atoms with van der Waals surface area (Å²) in [6, 6.07) is 9.72. The summed E-state index contributed by atoms with van der Waals surface area (Å²) in [6.45, 7) is 1.10. The van der Waals surface area contributed by atoms with Crippen molar-refractivity contribution in [1.82, 2.24) is 15.3 Å². The van der Waals surface area contributed by atoms with Gasteiger partial charge in [-0.25, -0.2) is 14.7 Å². The smallest absolute Gasteiger partial charge is 0.328 e. The molecule has 2 aromatic carbocycles. The lowest BCUT2D eigenvalue weighted by molar-refractivity contribution is 0.210. The highest BCUT2D eigenvalue weighted by atomic mass is 35.5. The highest BCUT2D eigenvalue weighted by Crippen LogP contribution is 2.43. The molecule has 11 heteroatoms. The fourth-order valence-corrected chi connectivity index (χ4v) is 4.38. The molecule has 0 spiro atoms. The number of para-hydroxylation sites is 1. The normalized spacial score (nSPS) is 13.0. The number of fused-ring (bicyclic) bond motifs is 1. The summed E-state index contributed by atoms with van der Waals surface area (Å²) < 4.78 is 5.10. The molecule has 1 aromatic heterocycles. The molecule has 2 amide bonds. The van der Waals surface area contributed by atoms with Crippen molar-refractivity contribution in [2.45, 2.75) is 6.54 Å². The zero-order chi connectivity index (χ0) is 22.8. The Bertz CT molecular complexity index is 1170. The second-order valence-corrected chi connectivity index (χ2v) is 8.46. The predicted molar refractivity (Wildman–Crippen MR) is 129 cm³/mol. The van der Waals surface area contributed by atoms with Crippen LogP contribution >= 0.6 is 46.4 Å². The van der Waals surface area contributed by atoms with Crippen LogP contribution in [0.2, 0.25) is 20.1 Å². The molecule has 0 radical (unpaired) electrons. The number of hydrogen-bond donors (Lipinski definition) is 2. The van der Waals surface area contributed by atoms with E-state index >= 15 is 0 Å². The Morgan fingerprint density at radius 1 is 1.09 bits per heavy atom. The molecule has 1 aliphatic rings. The summed E-state index contributed by atoms with van der Waals surface area (Å²) in [5.41, 5.74) is 2.17. The number of rotatable bonds is 6. The van der Waals surface area contributed by atoms with Gasteiger partial charge in [-0.3, -0.25) is 0 Å². The maximum absolute atomic E-state index is 12.9. The van der Waals surface area contributed by atoms with Crippen molar-refractivity contribution in [3.8, 4) is 11.3 Å². The Balaban J connectivity index is 1.94.